The van der Waals surface area contributed by atoms with E-state index in [2.05, 4.69) is 57.6 Å². The van der Waals surface area contributed by atoms with Crippen molar-refractivity contribution >= 4 is 22.2 Å². The standard InChI is InChI=1S/C21H20N4S/c1-14-4-2-5-17-15(10-22-20(14)17)12-25-8-7-18-16(13-25)11-23-21(24-18)19-6-3-9-26-19/h2-6,9-11,22H,7-8,12-13H2,1H3. The molecule has 0 amide bonds. The fraction of sp³-hybridized carbons (Fsp3) is 0.238. The molecule has 0 unspecified atom stereocenters. The van der Waals surface area contributed by atoms with Crippen LogP contribution in [0.5, 0.6) is 0 Å². The summed E-state index contributed by atoms with van der Waals surface area (Å²) in [6, 6.07) is 10.6. The molecule has 26 heavy (non-hydrogen) atoms. The summed E-state index contributed by atoms with van der Waals surface area (Å²) >= 11 is 1.69. The zero-order valence-corrected chi connectivity index (χ0v) is 15.5. The van der Waals surface area contributed by atoms with E-state index in [0.29, 0.717) is 0 Å². The van der Waals surface area contributed by atoms with Crippen molar-refractivity contribution in [2.75, 3.05) is 6.54 Å². The number of aromatic nitrogens is 3. The Morgan fingerprint density at radius 1 is 1.23 bits per heavy atom. The highest BCUT2D eigenvalue weighted by Gasteiger charge is 2.20. The second-order valence-electron chi connectivity index (χ2n) is 6.91. The second-order valence-corrected chi connectivity index (χ2v) is 7.86. The molecule has 5 heteroatoms. The number of thiophene rings is 1. The largest absolute Gasteiger partial charge is 0.361 e. The molecule has 0 saturated heterocycles. The molecule has 0 bridgehead atoms. The van der Waals surface area contributed by atoms with Crippen LogP contribution in [0.4, 0.5) is 0 Å². The van der Waals surface area contributed by atoms with E-state index >= 15 is 0 Å². The average molecular weight is 360 g/mol. The lowest BCUT2D eigenvalue weighted by Crippen LogP contribution is -2.30. The maximum Gasteiger partial charge on any atom is 0.169 e. The number of hydrogen-bond donors (Lipinski definition) is 1. The molecule has 1 aliphatic heterocycles. The summed E-state index contributed by atoms with van der Waals surface area (Å²) in [6.45, 7) is 5.06. The maximum atomic E-state index is 4.82. The predicted molar refractivity (Wildman–Crippen MR) is 106 cm³/mol. The van der Waals surface area contributed by atoms with Crippen molar-refractivity contribution in [1.82, 2.24) is 19.9 Å². The van der Waals surface area contributed by atoms with Crippen LogP contribution in [-0.2, 0) is 19.5 Å². The van der Waals surface area contributed by atoms with E-state index in [1.165, 1.54) is 33.3 Å². The first-order chi connectivity index (χ1) is 12.8. The highest BCUT2D eigenvalue weighted by Crippen LogP contribution is 2.27. The third-order valence-electron chi connectivity index (χ3n) is 5.16. The number of para-hydroxylation sites is 1. The van der Waals surface area contributed by atoms with Crippen molar-refractivity contribution < 1.29 is 0 Å². The Morgan fingerprint density at radius 3 is 3.08 bits per heavy atom. The van der Waals surface area contributed by atoms with Gasteiger partial charge in [0.1, 0.15) is 0 Å². The van der Waals surface area contributed by atoms with Crippen LogP contribution in [0, 0.1) is 6.92 Å². The SMILES string of the molecule is Cc1cccc2c(CN3CCc4nc(-c5cccs5)ncc4C3)c[nH]c12. The number of nitrogens with zero attached hydrogens (tertiary/aromatic N) is 3. The van der Waals surface area contributed by atoms with E-state index in [1.54, 1.807) is 11.3 Å². The summed E-state index contributed by atoms with van der Waals surface area (Å²) in [5, 5.41) is 3.41. The van der Waals surface area contributed by atoms with Crippen LogP contribution in [0.2, 0.25) is 0 Å². The monoisotopic (exact) mass is 360 g/mol. The molecule has 4 heterocycles. The van der Waals surface area contributed by atoms with E-state index < -0.39 is 0 Å². The average Bonchev–Trinajstić information content (AvgIpc) is 3.33. The van der Waals surface area contributed by atoms with Gasteiger partial charge in [-0.15, -0.1) is 11.3 Å². The normalized spacial score (nSPS) is 14.7. The molecule has 0 atom stereocenters. The van der Waals surface area contributed by atoms with Crippen molar-refractivity contribution in [2.24, 2.45) is 0 Å². The van der Waals surface area contributed by atoms with Crippen LogP contribution < -0.4 is 0 Å². The molecule has 0 aliphatic carbocycles. The summed E-state index contributed by atoms with van der Waals surface area (Å²) in [6.07, 6.45) is 5.16. The quantitative estimate of drug-likeness (QED) is 0.583. The molecule has 0 saturated carbocycles. The van der Waals surface area contributed by atoms with Crippen LogP contribution >= 0.6 is 11.3 Å². The van der Waals surface area contributed by atoms with Crippen LogP contribution in [0.1, 0.15) is 22.4 Å². The number of H-pyrrole nitrogens is 1. The summed E-state index contributed by atoms with van der Waals surface area (Å²) in [7, 11) is 0. The van der Waals surface area contributed by atoms with Crippen molar-refractivity contribution in [1.29, 1.82) is 0 Å². The molecule has 4 aromatic rings. The van der Waals surface area contributed by atoms with E-state index in [1.807, 2.05) is 12.3 Å². The second kappa shape index (κ2) is 6.34. The Hall–Kier alpha value is -2.50. The maximum absolute atomic E-state index is 4.82. The summed E-state index contributed by atoms with van der Waals surface area (Å²) in [5.41, 5.74) is 6.38. The Bertz CT molecular complexity index is 1070. The zero-order valence-electron chi connectivity index (χ0n) is 14.7. The van der Waals surface area contributed by atoms with E-state index in [9.17, 15) is 0 Å². The molecular formula is C21H20N4S. The van der Waals surface area contributed by atoms with Gasteiger partial charge in [-0.05, 0) is 29.5 Å². The van der Waals surface area contributed by atoms with Crippen molar-refractivity contribution in [3.05, 3.63) is 70.5 Å². The molecule has 0 spiro atoms. The van der Waals surface area contributed by atoms with Gasteiger partial charge in [-0.1, -0.05) is 24.3 Å². The molecule has 1 aromatic carbocycles. The van der Waals surface area contributed by atoms with Crippen LogP contribution in [-0.4, -0.2) is 26.4 Å². The first-order valence-corrected chi connectivity index (χ1v) is 9.82. The van der Waals surface area contributed by atoms with Crippen LogP contribution in [0.25, 0.3) is 21.6 Å². The smallest absolute Gasteiger partial charge is 0.169 e. The van der Waals surface area contributed by atoms with Gasteiger partial charge < -0.3 is 4.98 Å². The Labute approximate surface area is 156 Å². The van der Waals surface area contributed by atoms with Crippen LogP contribution in [0.15, 0.2) is 48.1 Å². The molecule has 3 aromatic heterocycles. The van der Waals surface area contributed by atoms with Gasteiger partial charge in [0, 0.05) is 54.9 Å². The van der Waals surface area contributed by atoms with Gasteiger partial charge in [-0.2, -0.15) is 0 Å². The van der Waals surface area contributed by atoms with E-state index in [-0.39, 0.29) is 0 Å². The summed E-state index contributed by atoms with van der Waals surface area (Å²) in [5.74, 6) is 0.860. The highest BCUT2D eigenvalue weighted by molar-refractivity contribution is 7.13. The Kier molecular flexibility index (Phi) is 3.84. The zero-order chi connectivity index (χ0) is 17.5. The number of rotatable bonds is 3. The topological polar surface area (TPSA) is 44.8 Å². The minimum Gasteiger partial charge on any atom is -0.361 e. The summed E-state index contributed by atoms with van der Waals surface area (Å²) < 4.78 is 0. The van der Waals surface area contributed by atoms with E-state index in [4.69, 9.17) is 4.98 Å². The van der Waals surface area contributed by atoms with Crippen LogP contribution in [0.3, 0.4) is 0 Å². The lowest BCUT2D eigenvalue weighted by atomic mass is 10.1. The molecule has 5 rings (SSSR count). The number of nitrogens with one attached hydrogen (secondary N) is 1. The fourth-order valence-corrected chi connectivity index (χ4v) is 4.43. The molecular weight excluding hydrogens is 340 g/mol. The van der Waals surface area contributed by atoms with Gasteiger partial charge in [-0.25, -0.2) is 9.97 Å². The lowest BCUT2D eigenvalue weighted by Gasteiger charge is -2.27. The third kappa shape index (κ3) is 2.73. The molecule has 0 radical (unpaired) electrons. The molecule has 130 valence electrons. The third-order valence-corrected chi connectivity index (χ3v) is 6.02. The molecule has 1 N–H and O–H groups in total. The minimum absolute atomic E-state index is 0.860. The Balaban J connectivity index is 1.38. The van der Waals surface area contributed by atoms with E-state index in [0.717, 1.165) is 36.8 Å². The van der Waals surface area contributed by atoms with Gasteiger partial charge in [0.15, 0.2) is 5.82 Å². The van der Waals surface area contributed by atoms with Gasteiger partial charge in [-0.3, -0.25) is 4.90 Å². The number of hydrogen-bond acceptors (Lipinski definition) is 4. The molecule has 1 aliphatic rings. The number of aromatic amines is 1. The highest BCUT2D eigenvalue weighted by atomic mass is 32.1. The van der Waals surface area contributed by atoms with Gasteiger partial charge >= 0.3 is 0 Å². The van der Waals surface area contributed by atoms with Gasteiger partial charge in [0.25, 0.3) is 0 Å². The first-order valence-electron chi connectivity index (χ1n) is 8.94. The van der Waals surface area contributed by atoms with Crippen molar-refractivity contribution in [3.63, 3.8) is 0 Å². The number of aryl methyl sites for hydroxylation is 1. The van der Waals surface area contributed by atoms with Gasteiger partial charge in [0.2, 0.25) is 0 Å². The number of benzene rings is 1. The Morgan fingerprint density at radius 2 is 2.19 bits per heavy atom. The first kappa shape index (κ1) is 15.7. The summed E-state index contributed by atoms with van der Waals surface area (Å²) in [4.78, 5) is 16.5. The molecule has 4 nitrogen and oxygen atoms in total. The van der Waals surface area contributed by atoms with Crippen molar-refractivity contribution in [2.45, 2.75) is 26.4 Å². The lowest BCUT2D eigenvalue weighted by molar-refractivity contribution is 0.244. The molecule has 0 fully saturated rings. The van der Waals surface area contributed by atoms with Gasteiger partial charge in [0.05, 0.1) is 10.6 Å². The predicted octanol–water partition coefficient (Wildman–Crippen LogP) is 4.55. The minimum atomic E-state index is 0.860. The fourth-order valence-electron chi connectivity index (χ4n) is 3.77. The van der Waals surface area contributed by atoms with Crippen molar-refractivity contribution in [3.8, 4) is 10.7 Å². The number of fused-ring (bicyclic) bond motifs is 2.